The smallest absolute Gasteiger partial charge is 0.0355 e. The second-order valence-corrected chi connectivity index (χ2v) is 8.47. The molecule has 0 nitrogen and oxygen atoms in total. The van der Waals surface area contributed by atoms with Crippen molar-refractivity contribution in [2.75, 3.05) is 0 Å². The third-order valence-electron chi connectivity index (χ3n) is 7.37. The van der Waals surface area contributed by atoms with Crippen LogP contribution in [0.4, 0.5) is 0 Å². The van der Waals surface area contributed by atoms with Gasteiger partial charge in [0.25, 0.3) is 0 Å². The molecule has 3 saturated carbocycles. The lowest BCUT2D eigenvalue weighted by molar-refractivity contribution is 0.0552. The molecule has 0 aliphatic heterocycles. The number of fused-ring (bicyclic) bond motifs is 3. The molecular formula is C20H36. The Hall–Kier alpha value is 0. The Balaban J connectivity index is 1.69. The lowest BCUT2D eigenvalue weighted by Crippen LogP contribution is -2.35. The lowest BCUT2D eigenvalue weighted by atomic mass is 9.61. The molecule has 0 aromatic rings. The molecular weight excluding hydrogens is 240 g/mol. The molecule has 20 heavy (non-hydrogen) atoms. The Morgan fingerprint density at radius 1 is 0.650 bits per heavy atom. The molecule has 0 heteroatoms. The summed E-state index contributed by atoms with van der Waals surface area (Å²) in [6, 6.07) is 0. The van der Waals surface area contributed by atoms with Crippen molar-refractivity contribution in [2.24, 2.45) is 35.5 Å². The summed E-state index contributed by atoms with van der Waals surface area (Å²) in [6.45, 7) is 4.92. The largest absolute Gasteiger partial charge is 0.0651 e. The fourth-order valence-electron chi connectivity index (χ4n) is 5.94. The van der Waals surface area contributed by atoms with Crippen molar-refractivity contribution in [1.29, 1.82) is 0 Å². The van der Waals surface area contributed by atoms with Gasteiger partial charge in [0.1, 0.15) is 0 Å². The van der Waals surface area contributed by atoms with E-state index in [0.717, 1.165) is 35.5 Å². The first-order chi connectivity index (χ1) is 9.78. The predicted molar refractivity (Wildman–Crippen MR) is 87.7 cm³/mol. The van der Waals surface area contributed by atoms with Gasteiger partial charge in [-0.15, -0.1) is 0 Å². The molecule has 3 fully saturated rings. The maximum Gasteiger partial charge on any atom is -0.0355 e. The van der Waals surface area contributed by atoms with Crippen LogP contribution in [0.2, 0.25) is 0 Å². The van der Waals surface area contributed by atoms with Crippen molar-refractivity contribution in [3.8, 4) is 0 Å². The summed E-state index contributed by atoms with van der Waals surface area (Å²) in [5.41, 5.74) is 0. The second kappa shape index (κ2) is 6.84. The molecule has 0 heterocycles. The molecule has 0 aromatic heterocycles. The zero-order valence-electron chi connectivity index (χ0n) is 13.9. The van der Waals surface area contributed by atoms with Crippen LogP contribution < -0.4 is 0 Å². The van der Waals surface area contributed by atoms with Crippen LogP contribution in [0.1, 0.15) is 90.9 Å². The Labute approximate surface area is 127 Å². The minimum atomic E-state index is 1.01. The van der Waals surface area contributed by atoms with E-state index in [2.05, 4.69) is 13.8 Å². The van der Waals surface area contributed by atoms with Crippen LogP contribution in [0.3, 0.4) is 0 Å². The van der Waals surface area contributed by atoms with Gasteiger partial charge in [0.2, 0.25) is 0 Å². The van der Waals surface area contributed by atoms with Gasteiger partial charge in [-0.2, -0.15) is 0 Å². The Kier molecular flexibility index (Phi) is 5.10. The summed E-state index contributed by atoms with van der Waals surface area (Å²) in [7, 11) is 0. The normalized spacial score (nSPS) is 46.5. The summed E-state index contributed by atoms with van der Waals surface area (Å²) in [4.78, 5) is 0. The van der Waals surface area contributed by atoms with Gasteiger partial charge in [-0.3, -0.25) is 0 Å². The van der Waals surface area contributed by atoms with Crippen LogP contribution in [0, 0.1) is 35.5 Å². The molecule has 0 amide bonds. The molecule has 0 spiro atoms. The zero-order valence-corrected chi connectivity index (χ0v) is 13.9. The first-order valence-electron chi connectivity index (χ1n) is 9.78. The molecule has 6 unspecified atom stereocenters. The molecule has 116 valence electrons. The minimum Gasteiger partial charge on any atom is -0.0651 e. The third-order valence-corrected chi connectivity index (χ3v) is 7.37. The molecule has 6 atom stereocenters. The van der Waals surface area contributed by atoms with E-state index in [4.69, 9.17) is 0 Å². The molecule has 3 rings (SSSR count). The molecule has 0 radical (unpaired) electrons. The third kappa shape index (κ3) is 3.25. The Morgan fingerprint density at radius 3 is 2.00 bits per heavy atom. The van der Waals surface area contributed by atoms with Crippen LogP contribution in [0.25, 0.3) is 0 Å². The minimum absolute atomic E-state index is 1.01. The van der Waals surface area contributed by atoms with Crippen molar-refractivity contribution in [1.82, 2.24) is 0 Å². The highest BCUT2D eigenvalue weighted by Gasteiger charge is 2.40. The SMILES string of the molecule is CCC1CCCC2CCC3CCC(C)CCC3C2CC1. The highest BCUT2D eigenvalue weighted by Crippen LogP contribution is 2.50. The van der Waals surface area contributed by atoms with E-state index in [9.17, 15) is 0 Å². The van der Waals surface area contributed by atoms with Crippen LogP contribution in [-0.4, -0.2) is 0 Å². The first-order valence-corrected chi connectivity index (χ1v) is 9.78. The van der Waals surface area contributed by atoms with Crippen molar-refractivity contribution >= 4 is 0 Å². The highest BCUT2D eigenvalue weighted by atomic mass is 14.5. The Bertz CT molecular complexity index is 292. The van der Waals surface area contributed by atoms with Gasteiger partial charge >= 0.3 is 0 Å². The fourth-order valence-corrected chi connectivity index (χ4v) is 5.94. The van der Waals surface area contributed by atoms with E-state index in [0.29, 0.717) is 0 Å². The Morgan fingerprint density at radius 2 is 1.25 bits per heavy atom. The monoisotopic (exact) mass is 276 g/mol. The highest BCUT2D eigenvalue weighted by molar-refractivity contribution is 4.90. The summed E-state index contributed by atoms with van der Waals surface area (Å²) in [6.07, 6.45) is 18.6. The first kappa shape index (κ1) is 14.9. The maximum atomic E-state index is 2.50. The van der Waals surface area contributed by atoms with Crippen molar-refractivity contribution in [3.05, 3.63) is 0 Å². The van der Waals surface area contributed by atoms with E-state index >= 15 is 0 Å². The van der Waals surface area contributed by atoms with E-state index in [1.807, 2.05) is 0 Å². The van der Waals surface area contributed by atoms with Crippen molar-refractivity contribution in [3.63, 3.8) is 0 Å². The van der Waals surface area contributed by atoms with Gasteiger partial charge in [0.05, 0.1) is 0 Å². The van der Waals surface area contributed by atoms with Gasteiger partial charge in [0.15, 0.2) is 0 Å². The second-order valence-electron chi connectivity index (χ2n) is 8.47. The van der Waals surface area contributed by atoms with Gasteiger partial charge in [-0.25, -0.2) is 0 Å². The van der Waals surface area contributed by atoms with E-state index in [1.165, 1.54) is 32.1 Å². The molecule has 0 N–H and O–H groups in total. The average molecular weight is 277 g/mol. The fraction of sp³-hybridized carbons (Fsp3) is 1.00. The summed E-state index contributed by atoms with van der Waals surface area (Å²) in [5, 5.41) is 0. The molecule has 0 saturated heterocycles. The van der Waals surface area contributed by atoms with Gasteiger partial charge in [0, 0.05) is 0 Å². The van der Waals surface area contributed by atoms with E-state index < -0.39 is 0 Å². The van der Waals surface area contributed by atoms with Crippen molar-refractivity contribution < 1.29 is 0 Å². The summed E-state index contributed by atoms with van der Waals surface area (Å²) >= 11 is 0. The lowest BCUT2D eigenvalue weighted by Gasteiger charge is -2.45. The number of hydrogen-bond donors (Lipinski definition) is 0. The standard InChI is InChI=1S/C20H36/c1-3-16-5-4-6-17-11-12-18-10-7-15(2)8-13-19(18)20(17)14-9-16/h15-20H,3-14H2,1-2H3. The van der Waals surface area contributed by atoms with Gasteiger partial charge in [-0.1, -0.05) is 58.8 Å². The van der Waals surface area contributed by atoms with Crippen LogP contribution in [0.5, 0.6) is 0 Å². The van der Waals surface area contributed by atoms with Crippen LogP contribution in [0.15, 0.2) is 0 Å². The average Bonchev–Trinajstić information content (AvgIpc) is 2.62. The number of hydrogen-bond acceptors (Lipinski definition) is 0. The van der Waals surface area contributed by atoms with Crippen LogP contribution >= 0.6 is 0 Å². The topological polar surface area (TPSA) is 0 Å². The van der Waals surface area contributed by atoms with E-state index in [-0.39, 0.29) is 0 Å². The quantitative estimate of drug-likeness (QED) is 0.516. The van der Waals surface area contributed by atoms with Crippen LogP contribution in [-0.2, 0) is 0 Å². The maximum absolute atomic E-state index is 2.50. The van der Waals surface area contributed by atoms with Gasteiger partial charge in [-0.05, 0) is 67.6 Å². The summed E-state index contributed by atoms with van der Waals surface area (Å²) in [5.74, 6) is 6.53. The summed E-state index contributed by atoms with van der Waals surface area (Å²) < 4.78 is 0. The van der Waals surface area contributed by atoms with Gasteiger partial charge < -0.3 is 0 Å². The molecule has 0 bridgehead atoms. The van der Waals surface area contributed by atoms with E-state index in [1.54, 1.807) is 44.9 Å². The molecule has 3 aliphatic carbocycles. The van der Waals surface area contributed by atoms with Crippen molar-refractivity contribution in [2.45, 2.75) is 90.9 Å². The number of rotatable bonds is 1. The zero-order chi connectivity index (χ0) is 13.9. The molecule has 3 aliphatic rings. The predicted octanol–water partition coefficient (Wildman–Crippen LogP) is 6.45. The molecule has 0 aromatic carbocycles.